The van der Waals surface area contributed by atoms with Crippen LogP contribution in [0.5, 0.6) is 0 Å². The molecular weight excluding hydrogens is 528 g/mol. The van der Waals surface area contributed by atoms with Crippen LogP contribution >= 0.6 is 0 Å². The largest absolute Gasteiger partial charge is 0.445 e. The second kappa shape index (κ2) is 17.2. The number of aryl methyl sites for hydroxylation is 2. The number of methoxy groups -OCH3 is 1. The van der Waals surface area contributed by atoms with E-state index < -0.39 is 24.1 Å². The number of unbranched alkanes of at least 4 members (excludes halogenated alkanes) is 1. The van der Waals surface area contributed by atoms with Crippen LogP contribution in [0, 0.1) is 0 Å². The second-order valence-corrected chi connectivity index (χ2v) is 10.2. The lowest BCUT2D eigenvalue weighted by atomic mass is 10.1. The number of nitrogens with zero attached hydrogens (tertiary/aromatic N) is 2. The van der Waals surface area contributed by atoms with Gasteiger partial charge in [0.25, 0.3) is 0 Å². The summed E-state index contributed by atoms with van der Waals surface area (Å²) in [4.78, 5) is 52.3. The van der Waals surface area contributed by atoms with Crippen LogP contribution in [0.15, 0.2) is 42.5 Å². The summed E-state index contributed by atoms with van der Waals surface area (Å²) in [5.74, 6) is -0.655. The third-order valence-electron chi connectivity index (χ3n) is 6.79. The van der Waals surface area contributed by atoms with Crippen molar-refractivity contribution in [3.63, 3.8) is 0 Å². The Labute approximate surface area is 241 Å². The average molecular weight is 571 g/mol. The lowest BCUT2D eigenvalue weighted by Gasteiger charge is -2.26. The van der Waals surface area contributed by atoms with Crippen molar-refractivity contribution in [3.8, 4) is 0 Å². The molecule has 1 aromatic carbocycles. The minimum atomic E-state index is -1.08. The van der Waals surface area contributed by atoms with Crippen LogP contribution in [0.25, 0.3) is 0 Å². The topological polar surface area (TPSA) is 128 Å². The summed E-state index contributed by atoms with van der Waals surface area (Å²) < 4.78 is 10.7. The van der Waals surface area contributed by atoms with Crippen LogP contribution in [0.4, 0.5) is 10.6 Å². The van der Waals surface area contributed by atoms with Crippen LogP contribution in [0.1, 0.15) is 56.4 Å². The highest BCUT2D eigenvalue weighted by Crippen LogP contribution is 2.20. The van der Waals surface area contributed by atoms with Gasteiger partial charge in [0.05, 0.1) is 6.10 Å². The predicted octanol–water partition coefficient (Wildman–Crippen LogP) is 3.81. The third kappa shape index (κ3) is 11.7. The molecule has 0 saturated heterocycles. The van der Waals surface area contributed by atoms with Gasteiger partial charge >= 0.3 is 18.0 Å². The first kappa shape index (κ1) is 31.8. The van der Waals surface area contributed by atoms with Gasteiger partial charge in [0.1, 0.15) is 18.5 Å². The zero-order chi connectivity index (χ0) is 29.5. The predicted molar refractivity (Wildman–Crippen MR) is 153 cm³/mol. The highest BCUT2D eigenvalue weighted by Gasteiger charge is 2.26. The Balaban J connectivity index is 1.53. The maximum atomic E-state index is 12.6. The monoisotopic (exact) mass is 570 g/mol. The fraction of sp³-hybridized carbons (Fsp3) is 0.533. The number of pyridine rings is 1. The van der Waals surface area contributed by atoms with Crippen LogP contribution in [-0.4, -0.2) is 73.4 Å². The molecule has 1 aliphatic heterocycles. The molecule has 3 rings (SSSR count). The normalized spacial score (nSPS) is 13.9. The number of carbonyl (C=O) groups excluding carboxylic acids is 3. The molecule has 1 aromatic heterocycles. The van der Waals surface area contributed by atoms with E-state index in [1.807, 2.05) is 37.3 Å². The molecule has 2 heterocycles. The maximum Gasteiger partial charge on any atom is 0.408 e. The Bertz CT molecular complexity index is 1120. The molecule has 2 aromatic rings. The van der Waals surface area contributed by atoms with E-state index in [1.54, 1.807) is 7.11 Å². The van der Waals surface area contributed by atoms with Gasteiger partial charge < -0.3 is 25.0 Å². The van der Waals surface area contributed by atoms with E-state index in [0.29, 0.717) is 13.1 Å². The number of carbonyl (C=O) groups is 3. The van der Waals surface area contributed by atoms with Gasteiger partial charge in [-0.15, -0.1) is 0 Å². The van der Waals surface area contributed by atoms with Gasteiger partial charge in [0.2, 0.25) is 0 Å². The van der Waals surface area contributed by atoms with Crippen molar-refractivity contribution in [1.82, 2.24) is 15.2 Å². The summed E-state index contributed by atoms with van der Waals surface area (Å²) in [6, 6.07) is 12.4. The SMILES string of the molecule is CO[C@H](C)CN(CCCCc1ccc2c(n1)NCCC2)CC[C@H](NC(=O)OCc1ccccc1)C(=O)OOC(C)=O. The van der Waals surface area contributed by atoms with E-state index in [2.05, 4.69) is 37.4 Å². The van der Waals surface area contributed by atoms with Crippen molar-refractivity contribution in [2.24, 2.45) is 0 Å². The van der Waals surface area contributed by atoms with E-state index in [1.165, 1.54) is 5.56 Å². The number of nitrogens with one attached hydrogen (secondary N) is 2. The van der Waals surface area contributed by atoms with Crippen LogP contribution in [-0.2, 0) is 48.3 Å². The molecular formula is C30H42N4O7. The molecule has 0 aliphatic carbocycles. The van der Waals surface area contributed by atoms with E-state index >= 15 is 0 Å². The van der Waals surface area contributed by atoms with E-state index in [4.69, 9.17) is 14.5 Å². The molecule has 0 saturated carbocycles. The zero-order valence-electron chi connectivity index (χ0n) is 24.2. The van der Waals surface area contributed by atoms with Crippen LogP contribution in [0.3, 0.4) is 0 Å². The minimum Gasteiger partial charge on any atom is -0.445 e. The van der Waals surface area contributed by atoms with Gasteiger partial charge in [-0.3, -0.25) is 0 Å². The molecule has 0 spiro atoms. The number of fused-ring (bicyclic) bond motifs is 1. The molecule has 0 bridgehead atoms. The van der Waals surface area contributed by atoms with Crippen molar-refractivity contribution in [2.45, 2.75) is 71.1 Å². The van der Waals surface area contributed by atoms with Crippen molar-refractivity contribution >= 4 is 23.8 Å². The Kier molecular flexibility index (Phi) is 13.3. The standard InChI is InChI=1S/C30H42N4O7/c1-22(38-3)20-34(18-8-7-13-26-15-14-25-12-9-17-31-28(25)32-26)19-16-27(29(36)41-40-23(2)35)33-30(37)39-21-24-10-5-4-6-11-24/h4-6,10-11,14-15,22,27H,7-9,12-13,16-21H2,1-3H3,(H,31,32)(H,33,37)/t22-,27+/m1/s1. The van der Waals surface area contributed by atoms with E-state index in [9.17, 15) is 14.4 Å². The number of hydrogen-bond donors (Lipinski definition) is 2. The van der Waals surface area contributed by atoms with Crippen molar-refractivity contribution in [1.29, 1.82) is 0 Å². The first-order chi connectivity index (χ1) is 19.8. The smallest absolute Gasteiger partial charge is 0.408 e. The Hall–Kier alpha value is -3.70. The van der Waals surface area contributed by atoms with Gasteiger partial charge in [-0.2, -0.15) is 0 Å². The zero-order valence-corrected chi connectivity index (χ0v) is 24.2. The number of alkyl carbamates (subject to hydrolysis) is 1. The van der Waals surface area contributed by atoms with Gasteiger partial charge in [-0.05, 0) is 69.2 Å². The molecule has 1 aliphatic rings. The number of rotatable bonds is 15. The highest BCUT2D eigenvalue weighted by atomic mass is 17.2. The molecule has 0 fully saturated rings. The lowest BCUT2D eigenvalue weighted by Crippen LogP contribution is -2.45. The summed E-state index contributed by atoms with van der Waals surface area (Å²) in [7, 11) is 1.65. The maximum absolute atomic E-state index is 12.6. The van der Waals surface area contributed by atoms with E-state index in [-0.39, 0.29) is 19.1 Å². The number of hydrogen-bond acceptors (Lipinski definition) is 10. The molecule has 0 radical (unpaired) electrons. The summed E-state index contributed by atoms with van der Waals surface area (Å²) in [6.07, 6.45) is 4.35. The van der Waals surface area contributed by atoms with Crippen LogP contribution < -0.4 is 10.6 Å². The van der Waals surface area contributed by atoms with Gasteiger partial charge in [-0.1, -0.05) is 36.4 Å². The number of amides is 1. The Morgan fingerprint density at radius 2 is 1.88 bits per heavy atom. The van der Waals surface area contributed by atoms with Gasteiger partial charge in [0.15, 0.2) is 0 Å². The molecule has 224 valence electrons. The Morgan fingerprint density at radius 3 is 2.63 bits per heavy atom. The van der Waals surface area contributed by atoms with Crippen molar-refractivity contribution < 1.29 is 33.6 Å². The van der Waals surface area contributed by atoms with Gasteiger partial charge in [-0.25, -0.2) is 29.1 Å². The summed E-state index contributed by atoms with van der Waals surface area (Å²) in [5.41, 5.74) is 3.16. The molecule has 2 atom stereocenters. The molecule has 2 N–H and O–H groups in total. The van der Waals surface area contributed by atoms with Gasteiger partial charge in [0, 0.05) is 39.4 Å². The van der Waals surface area contributed by atoms with Crippen molar-refractivity contribution in [3.05, 3.63) is 59.3 Å². The lowest BCUT2D eigenvalue weighted by molar-refractivity contribution is -0.258. The Morgan fingerprint density at radius 1 is 1.07 bits per heavy atom. The second-order valence-electron chi connectivity index (χ2n) is 10.2. The fourth-order valence-corrected chi connectivity index (χ4v) is 4.51. The molecule has 11 nitrogen and oxygen atoms in total. The number of aromatic nitrogens is 1. The first-order valence-electron chi connectivity index (χ1n) is 14.2. The summed E-state index contributed by atoms with van der Waals surface area (Å²) >= 11 is 0. The summed E-state index contributed by atoms with van der Waals surface area (Å²) in [5, 5.41) is 5.93. The minimum absolute atomic E-state index is 0.0290. The van der Waals surface area contributed by atoms with Crippen LogP contribution in [0.2, 0.25) is 0 Å². The third-order valence-corrected chi connectivity index (χ3v) is 6.79. The fourth-order valence-electron chi connectivity index (χ4n) is 4.51. The molecule has 11 heteroatoms. The first-order valence-corrected chi connectivity index (χ1v) is 14.2. The molecule has 41 heavy (non-hydrogen) atoms. The quantitative estimate of drug-likeness (QED) is 0.185. The summed E-state index contributed by atoms with van der Waals surface area (Å²) in [6.45, 7) is 5.98. The molecule has 1 amide bonds. The van der Waals surface area contributed by atoms with Crippen molar-refractivity contribution in [2.75, 3.05) is 38.6 Å². The molecule has 0 unspecified atom stereocenters. The number of anilines is 1. The number of ether oxygens (including phenoxy) is 2. The highest BCUT2D eigenvalue weighted by molar-refractivity contribution is 5.81. The van der Waals surface area contributed by atoms with E-state index in [0.717, 1.165) is 69.2 Å². The average Bonchev–Trinajstić information content (AvgIpc) is 2.99. The number of benzene rings is 1.